The minimum atomic E-state index is -3.76. The molecule has 1 unspecified atom stereocenters. The lowest BCUT2D eigenvalue weighted by Crippen LogP contribution is -2.14. The van der Waals surface area contributed by atoms with Crippen molar-refractivity contribution in [1.82, 2.24) is 19.5 Å². The van der Waals surface area contributed by atoms with Gasteiger partial charge in [0.25, 0.3) is 5.56 Å². The van der Waals surface area contributed by atoms with Crippen LogP contribution in [0, 0.1) is 13.8 Å². The number of benzene rings is 2. The van der Waals surface area contributed by atoms with E-state index in [2.05, 4.69) is 15.0 Å². The van der Waals surface area contributed by atoms with E-state index in [9.17, 15) is 14.2 Å². The number of aromatic nitrogens is 4. The zero-order valence-corrected chi connectivity index (χ0v) is 22.6. The third-order valence-corrected chi connectivity index (χ3v) is 7.21. The predicted molar refractivity (Wildman–Crippen MR) is 144 cm³/mol. The van der Waals surface area contributed by atoms with Crippen molar-refractivity contribution in [1.29, 1.82) is 0 Å². The smallest absolute Gasteiger partial charge is 0.356 e. The zero-order chi connectivity index (χ0) is 27.8. The van der Waals surface area contributed by atoms with Gasteiger partial charge in [-0.05, 0) is 31.5 Å². The Morgan fingerprint density at radius 2 is 1.72 bits per heavy atom. The van der Waals surface area contributed by atoms with Crippen LogP contribution in [0.25, 0.3) is 11.2 Å². The van der Waals surface area contributed by atoms with Gasteiger partial charge in [-0.1, -0.05) is 47.5 Å². The molecule has 0 radical (unpaired) electrons. The monoisotopic (exact) mass is 555 g/mol. The lowest BCUT2D eigenvalue weighted by atomic mass is 10.2. The van der Waals surface area contributed by atoms with Crippen LogP contribution in [0.1, 0.15) is 23.1 Å². The van der Waals surface area contributed by atoms with Crippen LogP contribution in [0.4, 0.5) is 5.95 Å². The number of fused-ring (bicyclic) bond motifs is 1. The molecule has 2 aromatic heterocycles. The molecular weight excluding hydrogens is 525 g/mol. The molecule has 2 heterocycles. The number of rotatable bonds is 13. The minimum absolute atomic E-state index is 0.0292. The average molecular weight is 556 g/mol. The SMILES string of the molecule is Cc1ccc(COP(=O)(COCCn2cnc3c(=O)[nH]c(N)nc32)OCCC(=O)Oc2ccc(C)cc2)cc1. The number of imidazole rings is 1. The fourth-order valence-electron chi connectivity index (χ4n) is 3.50. The van der Waals surface area contributed by atoms with Crippen LogP contribution in [-0.4, -0.2) is 45.1 Å². The summed E-state index contributed by atoms with van der Waals surface area (Å²) in [4.78, 5) is 34.7. The van der Waals surface area contributed by atoms with Crippen LogP contribution in [0.15, 0.2) is 59.7 Å². The summed E-state index contributed by atoms with van der Waals surface area (Å²) in [6.07, 6.45) is 0.961. The quantitative estimate of drug-likeness (QED) is 0.108. The number of H-pyrrole nitrogens is 1. The number of aromatic amines is 1. The maximum Gasteiger partial charge on any atom is 0.356 e. The fourth-order valence-corrected chi connectivity index (χ4v) is 4.79. The van der Waals surface area contributed by atoms with Gasteiger partial charge in [0.2, 0.25) is 5.95 Å². The molecule has 39 heavy (non-hydrogen) atoms. The third kappa shape index (κ3) is 8.08. The number of nitrogen functional groups attached to an aromatic ring is 1. The van der Waals surface area contributed by atoms with Gasteiger partial charge in [0.05, 0.1) is 32.6 Å². The predicted octanol–water partition coefficient (Wildman–Crippen LogP) is 3.71. The normalized spacial score (nSPS) is 12.9. The first-order chi connectivity index (χ1) is 18.7. The maximum absolute atomic E-state index is 13.5. The van der Waals surface area contributed by atoms with Crippen molar-refractivity contribution in [2.45, 2.75) is 33.4 Å². The number of hydrogen-bond donors (Lipinski definition) is 2. The number of ether oxygens (including phenoxy) is 2. The summed E-state index contributed by atoms with van der Waals surface area (Å²) in [6.45, 7) is 4.10. The Morgan fingerprint density at radius 1 is 1.03 bits per heavy atom. The third-order valence-electron chi connectivity index (χ3n) is 5.61. The van der Waals surface area contributed by atoms with Gasteiger partial charge in [0.15, 0.2) is 11.2 Å². The molecule has 0 aliphatic rings. The van der Waals surface area contributed by atoms with Gasteiger partial charge in [-0.2, -0.15) is 4.98 Å². The van der Waals surface area contributed by atoms with Crippen molar-refractivity contribution >= 4 is 30.7 Å². The molecule has 3 N–H and O–H groups in total. The van der Waals surface area contributed by atoms with E-state index >= 15 is 0 Å². The number of anilines is 1. The summed E-state index contributed by atoms with van der Waals surface area (Å²) in [6, 6.07) is 14.6. The molecular formula is C26H30N5O7P. The van der Waals surface area contributed by atoms with Gasteiger partial charge in [-0.3, -0.25) is 19.1 Å². The van der Waals surface area contributed by atoms with Crippen molar-refractivity contribution in [3.63, 3.8) is 0 Å². The fraction of sp³-hybridized carbons (Fsp3) is 0.308. The van der Waals surface area contributed by atoms with Crippen molar-refractivity contribution < 1.29 is 27.9 Å². The molecule has 0 saturated heterocycles. The second kappa shape index (κ2) is 12.8. The molecule has 0 fully saturated rings. The lowest BCUT2D eigenvalue weighted by molar-refractivity contribution is -0.134. The van der Waals surface area contributed by atoms with Crippen LogP contribution in [-0.2, 0) is 36.3 Å². The summed E-state index contributed by atoms with van der Waals surface area (Å²) in [5.41, 5.74) is 8.57. The second-order valence-corrected chi connectivity index (χ2v) is 10.8. The molecule has 4 rings (SSSR count). The van der Waals surface area contributed by atoms with Crippen molar-refractivity contribution in [2.24, 2.45) is 0 Å². The topological polar surface area (TPSA) is 161 Å². The Morgan fingerprint density at radius 3 is 2.44 bits per heavy atom. The summed E-state index contributed by atoms with van der Waals surface area (Å²) in [5.74, 6) is -0.143. The number of nitrogens with two attached hydrogens (primary N) is 1. The first kappa shape index (κ1) is 28.2. The largest absolute Gasteiger partial charge is 0.426 e. The highest BCUT2D eigenvalue weighted by Gasteiger charge is 2.26. The number of carbonyl (C=O) groups is 1. The van der Waals surface area contributed by atoms with Crippen molar-refractivity contribution in [3.8, 4) is 5.75 Å². The molecule has 13 heteroatoms. The zero-order valence-electron chi connectivity index (χ0n) is 21.7. The van der Waals surface area contributed by atoms with Gasteiger partial charge >= 0.3 is 13.6 Å². The van der Waals surface area contributed by atoms with Gasteiger partial charge < -0.3 is 28.8 Å². The van der Waals surface area contributed by atoms with Gasteiger partial charge in [-0.25, -0.2) is 4.98 Å². The highest BCUT2D eigenvalue weighted by atomic mass is 31.2. The summed E-state index contributed by atoms with van der Waals surface area (Å²) in [5, 5.41) is 0. The molecule has 4 aromatic rings. The number of aryl methyl sites for hydroxylation is 2. The standard InChI is InChI=1S/C26H30N5O7P/c1-18-3-7-20(8-4-18)15-37-39(34,36-13-11-22(32)38-21-9-5-19(2)6-10-21)17-35-14-12-31-16-28-23-24(31)29-26(27)30-25(23)33/h3-10,16H,11-15,17H2,1-2H3,(H3,27,29,30,33). The Labute approximate surface area is 224 Å². The average Bonchev–Trinajstić information content (AvgIpc) is 3.31. The highest BCUT2D eigenvalue weighted by Crippen LogP contribution is 2.49. The first-order valence-corrected chi connectivity index (χ1v) is 13.9. The molecule has 0 saturated carbocycles. The van der Waals surface area contributed by atoms with Crippen LogP contribution >= 0.6 is 7.60 Å². The molecule has 12 nitrogen and oxygen atoms in total. The minimum Gasteiger partial charge on any atom is -0.426 e. The maximum atomic E-state index is 13.5. The van der Waals surface area contributed by atoms with Gasteiger partial charge in [0.1, 0.15) is 12.1 Å². The van der Waals surface area contributed by atoms with E-state index in [0.29, 0.717) is 11.4 Å². The van der Waals surface area contributed by atoms with Gasteiger partial charge in [-0.15, -0.1) is 0 Å². The van der Waals surface area contributed by atoms with E-state index in [0.717, 1.165) is 16.7 Å². The number of nitrogens with zero attached hydrogens (tertiary/aromatic N) is 3. The summed E-state index contributed by atoms with van der Waals surface area (Å²) >= 11 is 0. The number of esters is 1. The van der Waals surface area contributed by atoms with E-state index in [1.807, 2.05) is 50.2 Å². The Kier molecular flexibility index (Phi) is 9.26. The molecule has 0 spiro atoms. The molecule has 1 atom stereocenters. The van der Waals surface area contributed by atoms with E-state index < -0.39 is 19.1 Å². The van der Waals surface area contributed by atoms with E-state index in [-0.39, 0.29) is 50.6 Å². The van der Waals surface area contributed by atoms with Crippen molar-refractivity contribution in [3.05, 3.63) is 81.9 Å². The van der Waals surface area contributed by atoms with Gasteiger partial charge in [0, 0.05) is 6.54 Å². The molecule has 0 aliphatic carbocycles. The second-order valence-electron chi connectivity index (χ2n) is 8.84. The highest BCUT2D eigenvalue weighted by molar-refractivity contribution is 7.53. The van der Waals surface area contributed by atoms with E-state index in [4.69, 9.17) is 24.3 Å². The number of nitrogens with one attached hydrogen (secondary N) is 1. The van der Waals surface area contributed by atoms with Crippen LogP contribution in [0.2, 0.25) is 0 Å². The molecule has 0 bridgehead atoms. The molecule has 2 aromatic carbocycles. The Balaban J connectivity index is 1.33. The van der Waals surface area contributed by atoms with Crippen LogP contribution < -0.4 is 16.0 Å². The van der Waals surface area contributed by atoms with E-state index in [1.54, 1.807) is 16.7 Å². The summed E-state index contributed by atoms with van der Waals surface area (Å²) < 4.78 is 37.2. The molecule has 206 valence electrons. The number of carbonyl (C=O) groups excluding carboxylic acids is 1. The molecule has 0 amide bonds. The van der Waals surface area contributed by atoms with Crippen LogP contribution in [0.3, 0.4) is 0 Å². The van der Waals surface area contributed by atoms with Crippen molar-refractivity contribution in [2.75, 3.05) is 25.3 Å². The number of hydrogen-bond acceptors (Lipinski definition) is 10. The van der Waals surface area contributed by atoms with E-state index in [1.165, 1.54) is 6.33 Å². The Bertz CT molecular complexity index is 1520. The lowest BCUT2D eigenvalue weighted by Gasteiger charge is -2.19. The Hall–Kier alpha value is -3.83. The van der Waals surface area contributed by atoms with Crippen LogP contribution in [0.5, 0.6) is 5.75 Å². The first-order valence-electron chi connectivity index (χ1n) is 12.2. The summed E-state index contributed by atoms with van der Waals surface area (Å²) in [7, 11) is -3.76. The molecule has 0 aliphatic heterocycles.